The molecule has 0 aromatic rings. The first-order chi connectivity index (χ1) is 19.5. The predicted molar refractivity (Wildman–Crippen MR) is 170 cm³/mol. The summed E-state index contributed by atoms with van der Waals surface area (Å²) in [7, 11) is 0. The minimum absolute atomic E-state index is 0.0305. The molecule has 0 saturated heterocycles. The average molecular weight is 572 g/mol. The number of carbonyl (C=O) groups is 4. The standard InChI is InChI=1S/C34H57N3O4/c1-8-9-10-11-12-13-14-15-16-17-18-19-20-21-22-23-30(38)37(33(41)29(6)7)34(26-36-25-24-35,31(39)27(2)3)32(40)28(4)5/h15-16,36H,2,4,6,8-14,17-26,35H2,1,3,5,7H3/b16-15-. The molecule has 7 nitrogen and oxygen atoms in total. The highest BCUT2D eigenvalue weighted by atomic mass is 16.2. The molecule has 0 aromatic heterocycles. The Bertz CT molecular complexity index is 893. The van der Waals surface area contributed by atoms with Crippen LogP contribution in [0.2, 0.25) is 0 Å². The number of hydrogen-bond donors (Lipinski definition) is 2. The Kier molecular flexibility index (Phi) is 20.6. The van der Waals surface area contributed by atoms with E-state index < -0.39 is 28.9 Å². The fraction of sp³-hybridized carbons (Fsp3) is 0.647. The van der Waals surface area contributed by atoms with Crippen LogP contribution in [0.5, 0.6) is 0 Å². The van der Waals surface area contributed by atoms with E-state index in [4.69, 9.17) is 5.73 Å². The van der Waals surface area contributed by atoms with Crippen LogP contribution >= 0.6 is 0 Å². The molecule has 7 heteroatoms. The van der Waals surface area contributed by atoms with Gasteiger partial charge >= 0.3 is 0 Å². The summed E-state index contributed by atoms with van der Waals surface area (Å²) < 4.78 is 0. The van der Waals surface area contributed by atoms with Gasteiger partial charge in [-0.3, -0.25) is 24.1 Å². The molecule has 232 valence electrons. The summed E-state index contributed by atoms with van der Waals surface area (Å²) >= 11 is 0. The van der Waals surface area contributed by atoms with Crippen molar-refractivity contribution in [1.29, 1.82) is 0 Å². The molecule has 41 heavy (non-hydrogen) atoms. The van der Waals surface area contributed by atoms with Crippen molar-refractivity contribution in [3.8, 4) is 0 Å². The van der Waals surface area contributed by atoms with Crippen molar-refractivity contribution in [2.24, 2.45) is 5.73 Å². The topological polar surface area (TPSA) is 110 Å². The van der Waals surface area contributed by atoms with Crippen molar-refractivity contribution < 1.29 is 19.2 Å². The fourth-order valence-electron chi connectivity index (χ4n) is 4.77. The number of hydrogen-bond acceptors (Lipinski definition) is 6. The van der Waals surface area contributed by atoms with E-state index in [0.717, 1.165) is 43.4 Å². The van der Waals surface area contributed by atoms with Crippen LogP contribution in [0.4, 0.5) is 0 Å². The quantitative estimate of drug-likeness (QED) is 0.0558. The molecular weight excluding hydrogens is 514 g/mol. The number of nitrogens with two attached hydrogens (primary N) is 1. The molecule has 0 aromatic carbocycles. The first-order valence-corrected chi connectivity index (χ1v) is 15.5. The molecule has 0 saturated carbocycles. The highest BCUT2D eigenvalue weighted by Gasteiger charge is 2.54. The van der Waals surface area contributed by atoms with E-state index in [-0.39, 0.29) is 42.8 Å². The number of amides is 2. The Morgan fingerprint density at radius 3 is 1.63 bits per heavy atom. The second kappa shape index (κ2) is 22.0. The van der Waals surface area contributed by atoms with Crippen molar-refractivity contribution >= 4 is 23.4 Å². The maximum Gasteiger partial charge on any atom is 0.256 e. The number of unbranched alkanes of at least 4 members (excludes halogenated alkanes) is 11. The summed E-state index contributed by atoms with van der Waals surface area (Å²) in [5, 5.41) is 2.97. The van der Waals surface area contributed by atoms with E-state index >= 15 is 0 Å². The number of allylic oxidation sites excluding steroid dienone is 2. The number of ketones is 2. The molecule has 0 aliphatic rings. The lowest BCUT2D eigenvalue weighted by Crippen LogP contribution is -2.68. The van der Waals surface area contributed by atoms with Crippen molar-refractivity contribution in [2.75, 3.05) is 19.6 Å². The SMILES string of the molecule is C=C(C)C(=O)N(C(=O)CCCCCCC/C=C\CCCCCCCC)C(CNCCN)(C(=O)C(=C)C)C(=O)C(=C)C. The lowest BCUT2D eigenvalue weighted by atomic mass is 9.80. The second-order valence-corrected chi connectivity index (χ2v) is 11.2. The number of nitrogens with one attached hydrogen (secondary N) is 1. The maximum absolute atomic E-state index is 13.6. The third kappa shape index (κ3) is 13.7. The van der Waals surface area contributed by atoms with Crippen LogP contribution in [0, 0.1) is 0 Å². The maximum atomic E-state index is 13.6. The predicted octanol–water partition coefficient (Wildman–Crippen LogP) is 6.53. The van der Waals surface area contributed by atoms with E-state index in [9.17, 15) is 19.2 Å². The van der Waals surface area contributed by atoms with Crippen LogP contribution in [0.15, 0.2) is 48.6 Å². The van der Waals surface area contributed by atoms with Gasteiger partial charge in [0.05, 0.1) is 0 Å². The molecule has 0 bridgehead atoms. The highest BCUT2D eigenvalue weighted by molar-refractivity contribution is 6.27. The van der Waals surface area contributed by atoms with Crippen LogP contribution in [0.3, 0.4) is 0 Å². The molecule has 0 atom stereocenters. The Morgan fingerprint density at radius 2 is 1.20 bits per heavy atom. The number of imide groups is 1. The van der Waals surface area contributed by atoms with Gasteiger partial charge in [0.25, 0.3) is 5.91 Å². The van der Waals surface area contributed by atoms with E-state index in [1.54, 1.807) is 0 Å². The van der Waals surface area contributed by atoms with Gasteiger partial charge in [0.1, 0.15) is 0 Å². The van der Waals surface area contributed by atoms with Gasteiger partial charge in [-0.1, -0.05) is 90.2 Å². The second-order valence-electron chi connectivity index (χ2n) is 11.2. The van der Waals surface area contributed by atoms with Crippen molar-refractivity contribution in [2.45, 2.75) is 123 Å². The van der Waals surface area contributed by atoms with Crippen LogP contribution in [0.25, 0.3) is 0 Å². The van der Waals surface area contributed by atoms with E-state index in [1.807, 2.05) is 0 Å². The number of rotatable bonds is 25. The Hall–Kier alpha value is -2.64. The van der Waals surface area contributed by atoms with Crippen LogP contribution < -0.4 is 11.1 Å². The largest absolute Gasteiger partial charge is 0.329 e. The minimum atomic E-state index is -2.14. The van der Waals surface area contributed by atoms with Gasteiger partial charge in [-0.15, -0.1) is 0 Å². The van der Waals surface area contributed by atoms with Gasteiger partial charge in [-0.2, -0.15) is 0 Å². The van der Waals surface area contributed by atoms with Crippen molar-refractivity contribution in [1.82, 2.24) is 10.2 Å². The third-order valence-corrected chi connectivity index (χ3v) is 7.08. The molecule has 0 unspecified atom stereocenters. The Labute approximate surface area is 249 Å². The smallest absolute Gasteiger partial charge is 0.256 e. The van der Waals surface area contributed by atoms with E-state index in [0.29, 0.717) is 6.42 Å². The molecule has 0 spiro atoms. The average Bonchev–Trinajstić information content (AvgIpc) is 2.93. The van der Waals surface area contributed by atoms with Crippen molar-refractivity contribution in [3.63, 3.8) is 0 Å². The molecular formula is C34H57N3O4. The zero-order chi connectivity index (χ0) is 31.3. The van der Waals surface area contributed by atoms with Crippen LogP contribution in [-0.4, -0.2) is 53.5 Å². The zero-order valence-electron chi connectivity index (χ0n) is 26.5. The van der Waals surface area contributed by atoms with Gasteiger partial charge in [-0.25, -0.2) is 0 Å². The van der Waals surface area contributed by atoms with Crippen molar-refractivity contribution in [3.05, 3.63) is 48.6 Å². The normalized spacial score (nSPS) is 11.4. The number of Topliss-reactive ketones (excluding diaryl/α,β-unsaturated/α-hetero) is 2. The molecule has 0 radical (unpaired) electrons. The van der Waals surface area contributed by atoms with Gasteiger partial charge < -0.3 is 11.1 Å². The summed E-state index contributed by atoms with van der Waals surface area (Å²) in [5.74, 6) is -2.76. The van der Waals surface area contributed by atoms with Gasteiger partial charge in [0, 0.05) is 31.6 Å². The summed E-state index contributed by atoms with van der Waals surface area (Å²) in [6, 6.07) is 0. The minimum Gasteiger partial charge on any atom is -0.329 e. The summed E-state index contributed by atoms with van der Waals surface area (Å²) in [6.45, 7) is 18.0. The summed E-state index contributed by atoms with van der Waals surface area (Å²) in [5.41, 5.74) is 3.64. The Balaban J connectivity index is 5.23. The lowest BCUT2D eigenvalue weighted by molar-refractivity contribution is -0.159. The van der Waals surface area contributed by atoms with Crippen LogP contribution in [-0.2, 0) is 19.2 Å². The molecule has 0 heterocycles. The van der Waals surface area contributed by atoms with Gasteiger partial charge in [0.2, 0.25) is 5.91 Å². The van der Waals surface area contributed by atoms with E-state index in [2.05, 4.69) is 44.1 Å². The molecule has 0 rings (SSSR count). The summed E-state index contributed by atoms with van der Waals surface area (Å²) in [6.07, 6.45) is 19.1. The number of carbonyl (C=O) groups excluding carboxylic acids is 4. The Morgan fingerprint density at radius 1 is 0.732 bits per heavy atom. The fourth-order valence-corrected chi connectivity index (χ4v) is 4.77. The third-order valence-electron chi connectivity index (χ3n) is 7.08. The summed E-state index contributed by atoms with van der Waals surface area (Å²) in [4.78, 5) is 54.9. The monoisotopic (exact) mass is 571 g/mol. The molecule has 0 aliphatic heterocycles. The van der Waals surface area contributed by atoms with Crippen LogP contribution in [0.1, 0.15) is 118 Å². The molecule has 0 fully saturated rings. The molecule has 3 N–H and O–H groups in total. The zero-order valence-corrected chi connectivity index (χ0v) is 26.5. The first kappa shape index (κ1) is 38.4. The van der Waals surface area contributed by atoms with E-state index in [1.165, 1.54) is 59.3 Å². The highest BCUT2D eigenvalue weighted by Crippen LogP contribution is 2.28. The van der Waals surface area contributed by atoms with Gasteiger partial charge in [0.15, 0.2) is 17.1 Å². The number of nitrogens with zero attached hydrogens (tertiary/aromatic N) is 1. The van der Waals surface area contributed by atoms with Gasteiger partial charge in [-0.05, 0) is 64.0 Å². The first-order valence-electron chi connectivity index (χ1n) is 15.5. The lowest BCUT2D eigenvalue weighted by Gasteiger charge is -2.41. The molecule has 0 aliphatic carbocycles. The molecule has 2 amide bonds.